The van der Waals surface area contributed by atoms with Gasteiger partial charge in [0.05, 0.1) is 5.84 Å². The molecule has 0 aliphatic rings. The van der Waals surface area contributed by atoms with Crippen molar-refractivity contribution < 1.29 is 0 Å². The van der Waals surface area contributed by atoms with Gasteiger partial charge in [0.15, 0.2) is 5.82 Å². The molecule has 1 heterocycles. The summed E-state index contributed by atoms with van der Waals surface area (Å²) in [7, 11) is 0. The van der Waals surface area contributed by atoms with Crippen molar-refractivity contribution in [3.8, 4) is 0 Å². The van der Waals surface area contributed by atoms with Crippen molar-refractivity contribution in [2.45, 2.75) is 13.5 Å². The van der Waals surface area contributed by atoms with E-state index in [4.69, 9.17) is 5.73 Å². The van der Waals surface area contributed by atoms with E-state index >= 15 is 0 Å². The van der Waals surface area contributed by atoms with Gasteiger partial charge in [0.2, 0.25) is 0 Å². The van der Waals surface area contributed by atoms with Crippen molar-refractivity contribution >= 4 is 5.84 Å². The number of nitrogens with zero attached hydrogens (tertiary/aromatic N) is 4. The van der Waals surface area contributed by atoms with Gasteiger partial charge in [0.1, 0.15) is 6.54 Å². The number of H-pyrrole nitrogens is 1. The van der Waals surface area contributed by atoms with Gasteiger partial charge in [-0.15, -0.1) is 10.2 Å². The smallest absolute Gasteiger partial charge is 0.195 e. The SMILES string of the molecule is CC(N)=NCc1nn[nH]n1. The summed E-state index contributed by atoms with van der Waals surface area (Å²) in [6.45, 7) is 2.10. The second-order valence-electron chi connectivity index (χ2n) is 1.79. The third kappa shape index (κ3) is 1.81. The van der Waals surface area contributed by atoms with Crippen LogP contribution in [0, 0.1) is 0 Å². The number of amidine groups is 1. The van der Waals surface area contributed by atoms with Gasteiger partial charge in [-0.1, -0.05) is 5.21 Å². The summed E-state index contributed by atoms with van der Waals surface area (Å²) in [5.74, 6) is 1.06. The van der Waals surface area contributed by atoms with Gasteiger partial charge >= 0.3 is 0 Å². The van der Waals surface area contributed by atoms with Gasteiger partial charge in [0.25, 0.3) is 0 Å². The first-order valence-corrected chi connectivity index (χ1v) is 2.78. The van der Waals surface area contributed by atoms with Gasteiger partial charge < -0.3 is 5.73 Å². The Morgan fingerprint density at radius 2 is 2.60 bits per heavy atom. The van der Waals surface area contributed by atoms with E-state index in [2.05, 4.69) is 25.6 Å². The summed E-state index contributed by atoms with van der Waals surface area (Å²) in [6, 6.07) is 0. The highest BCUT2D eigenvalue weighted by molar-refractivity contribution is 5.77. The van der Waals surface area contributed by atoms with Crippen LogP contribution in [0.5, 0.6) is 0 Å². The molecule has 0 fully saturated rings. The monoisotopic (exact) mass is 140 g/mol. The minimum Gasteiger partial charge on any atom is -0.388 e. The highest BCUT2D eigenvalue weighted by Gasteiger charge is 1.93. The molecule has 0 saturated heterocycles. The normalized spacial score (nSPS) is 11.9. The number of aromatic nitrogens is 4. The van der Waals surface area contributed by atoms with E-state index in [1.807, 2.05) is 0 Å². The molecular weight excluding hydrogens is 132 g/mol. The lowest BCUT2D eigenvalue weighted by atomic mass is 10.6. The molecule has 0 amide bonds. The quantitative estimate of drug-likeness (QED) is 0.410. The lowest BCUT2D eigenvalue weighted by Gasteiger charge is -1.86. The average molecular weight is 140 g/mol. The fourth-order valence-corrected chi connectivity index (χ4v) is 0.445. The maximum atomic E-state index is 5.27. The first-order chi connectivity index (χ1) is 4.79. The van der Waals surface area contributed by atoms with Crippen molar-refractivity contribution in [1.29, 1.82) is 0 Å². The third-order valence-electron chi connectivity index (χ3n) is 0.859. The van der Waals surface area contributed by atoms with E-state index in [-0.39, 0.29) is 0 Å². The van der Waals surface area contributed by atoms with Gasteiger partial charge in [0, 0.05) is 0 Å². The lowest BCUT2D eigenvalue weighted by molar-refractivity contribution is 0.881. The Morgan fingerprint density at radius 3 is 3.10 bits per heavy atom. The Balaban J connectivity index is 2.49. The van der Waals surface area contributed by atoms with Gasteiger partial charge in [-0.2, -0.15) is 5.21 Å². The van der Waals surface area contributed by atoms with E-state index in [1.54, 1.807) is 6.92 Å². The maximum absolute atomic E-state index is 5.27. The standard InChI is InChI=1S/C4H8N6/c1-3(5)6-2-4-7-9-10-8-4/h2H2,1H3,(H2,5,6)(H,7,8,9,10). The first-order valence-electron chi connectivity index (χ1n) is 2.78. The number of aromatic amines is 1. The summed E-state index contributed by atoms with van der Waals surface area (Å²) in [5, 5.41) is 13.0. The van der Waals surface area contributed by atoms with Crippen LogP contribution in [0.25, 0.3) is 0 Å². The van der Waals surface area contributed by atoms with E-state index < -0.39 is 0 Å². The zero-order valence-corrected chi connectivity index (χ0v) is 5.57. The number of hydrogen-bond donors (Lipinski definition) is 2. The molecule has 6 nitrogen and oxygen atoms in total. The van der Waals surface area contributed by atoms with Gasteiger partial charge in [-0.05, 0) is 6.92 Å². The van der Waals surface area contributed by atoms with Crippen molar-refractivity contribution in [3.63, 3.8) is 0 Å². The van der Waals surface area contributed by atoms with E-state index in [0.717, 1.165) is 0 Å². The van der Waals surface area contributed by atoms with Crippen LogP contribution < -0.4 is 5.73 Å². The molecule has 1 rings (SSSR count). The fourth-order valence-electron chi connectivity index (χ4n) is 0.445. The van der Waals surface area contributed by atoms with E-state index in [9.17, 15) is 0 Å². The molecule has 0 bridgehead atoms. The predicted octanol–water partition coefficient (Wildman–Crippen LogP) is -0.923. The number of nitrogens with two attached hydrogens (primary N) is 1. The molecule has 0 atom stereocenters. The highest BCUT2D eigenvalue weighted by Crippen LogP contribution is 1.85. The summed E-state index contributed by atoms with van der Waals surface area (Å²) in [5.41, 5.74) is 5.27. The molecule has 1 aromatic rings. The molecule has 0 saturated carbocycles. The largest absolute Gasteiger partial charge is 0.388 e. The zero-order chi connectivity index (χ0) is 7.40. The average Bonchev–Trinajstić information content (AvgIpc) is 2.34. The molecule has 10 heavy (non-hydrogen) atoms. The Morgan fingerprint density at radius 1 is 1.80 bits per heavy atom. The Bertz CT molecular complexity index is 208. The summed E-state index contributed by atoms with van der Waals surface area (Å²) in [4.78, 5) is 3.88. The number of hydrogen-bond acceptors (Lipinski definition) is 4. The predicted molar refractivity (Wildman–Crippen MR) is 35.2 cm³/mol. The maximum Gasteiger partial charge on any atom is 0.195 e. The molecule has 3 N–H and O–H groups in total. The topological polar surface area (TPSA) is 92.8 Å². The molecule has 1 aromatic heterocycles. The molecule has 6 heteroatoms. The molecule has 0 aliphatic heterocycles. The van der Waals surface area contributed by atoms with Crippen LogP contribution in [0.15, 0.2) is 4.99 Å². The minimum atomic E-state index is 0.388. The number of rotatable bonds is 2. The van der Waals surface area contributed by atoms with Crippen molar-refractivity contribution in [1.82, 2.24) is 20.6 Å². The summed E-state index contributed by atoms with van der Waals surface area (Å²) >= 11 is 0. The lowest BCUT2D eigenvalue weighted by Crippen LogP contribution is -2.05. The van der Waals surface area contributed by atoms with E-state index in [0.29, 0.717) is 18.2 Å². The van der Waals surface area contributed by atoms with Crippen LogP contribution in [-0.4, -0.2) is 26.5 Å². The summed E-state index contributed by atoms with van der Waals surface area (Å²) < 4.78 is 0. The van der Waals surface area contributed by atoms with Gasteiger partial charge in [-0.3, -0.25) is 4.99 Å². The molecule has 0 aromatic carbocycles. The van der Waals surface area contributed by atoms with Crippen LogP contribution >= 0.6 is 0 Å². The fraction of sp³-hybridized carbons (Fsp3) is 0.500. The second kappa shape index (κ2) is 2.90. The molecule has 54 valence electrons. The van der Waals surface area contributed by atoms with Crippen molar-refractivity contribution in [2.75, 3.05) is 0 Å². The second-order valence-corrected chi connectivity index (χ2v) is 1.79. The van der Waals surface area contributed by atoms with Crippen LogP contribution in [0.3, 0.4) is 0 Å². The Labute approximate surface area is 57.5 Å². The van der Waals surface area contributed by atoms with Crippen LogP contribution in [0.4, 0.5) is 0 Å². The van der Waals surface area contributed by atoms with Crippen LogP contribution in [-0.2, 0) is 6.54 Å². The van der Waals surface area contributed by atoms with Crippen molar-refractivity contribution in [3.05, 3.63) is 5.82 Å². The Hall–Kier alpha value is -1.46. The van der Waals surface area contributed by atoms with Crippen LogP contribution in [0.1, 0.15) is 12.7 Å². The Kier molecular flexibility index (Phi) is 1.93. The number of aliphatic imine (C=N–C) groups is 1. The summed E-state index contributed by atoms with van der Waals surface area (Å²) in [6.07, 6.45) is 0. The third-order valence-corrected chi connectivity index (χ3v) is 0.859. The van der Waals surface area contributed by atoms with Gasteiger partial charge in [-0.25, -0.2) is 0 Å². The first kappa shape index (κ1) is 6.66. The number of tetrazole rings is 1. The molecule has 0 aliphatic carbocycles. The highest BCUT2D eigenvalue weighted by atomic mass is 15.5. The van der Waals surface area contributed by atoms with E-state index in [1.165, 1.54) is 0 Å². The zero-order valence-electron chi connectivity index (χ0n) is 5.57. The molecule has 0 radical (unpaired) electrons. The molecular formula is C4H8N6. The molecule has 0 spiro atoms. The minimum absolute atomic E-state index is 0.388. The van der Waals surface area contributed by atoms with Crippen molar-refractivity contribution in [2.24, 2.45) is 10.7 Å². The molecule has 0 unspecified atom stereocenters. The number of nitrogens with one attached hydrogen (secondary N) is 1. The van der Waals surface area contributed by atoms with Crippen LogP contribution in [0.2, 0.25) is 0 Å².